The molecule has 2 aliphatic heterocycles. The van der Waals surface area contributed by atoms with Crippen LogP contribution in [0.2, 0.25) is 0 Å². The molecule has 0 radical (unpaired) electrons. The van der Waals surface area contributed by atoms with Gasteiger partial charge in [0.25, 0.3) is 0 Å². The minimum Gasteiger partial charge on any atom is -0.394 e. The van der Waals surface area contributed by atoms with Crippen molar-refractivity contribution in [3.05, 3.63) is 0 Å². The number of halogens is 1. The van der Waals surface area contributed by atoms with Crippen LogP contribution in [0.25, 0.3) is 0 Å². The number of ether oxygens (including phenoxy) is 3. The molecule has 8 N–H and O–H groups in total. The average molecular weight is 418 g/mol. The molecule has 0 saturated carbocycles. The predicted octanol–water partition coefficient (Wildman–Crippen LogP) is -5.03. The van der Waals surface area contributed by atoms with E-state index in [0.717, 1.165) is 0 Å². The number of nitrogens with one attached hydrogen (secondary N) is 1. The fourth-order valence-electron chi connectivity index (χ4n) is 2.91. The van der Waals surface area contributed by atoms with E-state index in [9.17, 15) is 40.5 Å². The van der Waals surface area contributed by atoms with Crippen LogP contribution in [0.5, 0.6) is 0 Å². The minimum atomic E-state index is -1.75. The molecule has 2 heterocycles. The number of hydrogen-bond donors (Lipinski definition) is 8. The van der Waals surface area contributed by atoms with Gasteiger partial charge in [-0.05, 0) is 0 Å². The molecule has 1 amide bonds. The van der Waals surface area contributed by atoms with Crippen LogP contribution in [0.15, 0.2) is 0 Å². The normalized spacial score (nSPS) is 45.5. The van der Waals surface area contributed by atoms with Crippen molar-refractivity contribution in [3.8, 4) is 0 Å². The highest BCUT2D eigenvalue weighted by Crippen LogP contribution is 2.28. The maximum atomic E-state index is 11.4. The Morgan fingerprint density at radius 3 is 2.07 bits per heavy atom. The van der Waals surface area contributed by atoms with Crippen molar-refractivity contribution in [3.63, 3.8) is 0 Å². The first-order valence-electron chi connectivity index (χ1n) is 8.18. The van der Waals surface area contributed by atoms with Crippen LogP contribution in [0.1, 0.15) is 0 Å². The van der Waals surface area contributed by atoms with Gasteiger partial charge in [0.15, 0.2) is 12.5 Å². The summed E-state index contributed by atoms with van der Waals surface area (Å²) in [6.45, 7) is -1.38. The van der Waals surface area contributed by atoms with E-state index in [1.807, 2.05) is 0 Å². The smallest absolute Gasteiger partial charge is 0.236 e. The summed E-state index contributed by atoms with van der Waals surface area (Å²) in [6.07, 6.45) is -15.4. The maximum Gasteiger partial charge on any atom is 0.236 e. The first kappa shape index (κ1) is 22.6. The number of rotatable bonds is 6. The van der Waals surface area contributed by atoms with Crippen molar-refractivity contribution in [2.24, 2.45) is 0 Å². The molecule has 2 aliphatic rings. The predicted molar refractivity (Wildman–Crippen MR) is 85.3 cm³/mol. The summed E-state index contributed by atoms with van der Waals surface area (Å²) in [4.78, 5) is 11.4. The molecule has 0 aliphatic carbocycles. The molecule has 13 heteroatoms. The first-order chi connectivity index (χ1) is 12.7. The van der Waals surface area contributed by atoms with Crippen molar-refractivity contribution in [1.29, 1.82) is 0 Å². The standard InChI is InChI=1S/C14H24ClNO11/c15-1-6(19)16-13-10(23)9(22)12(5(3-18)25-13)27-14-11(24)8(21)7(20)4(2-17)26-14/h4-5,7-14,17-18,20-24H,1-3H2,(H,16,19)/t4-,5-,7-,8+,9-,10-,11-,12-,13-,14+/m1/s1. The highest BCUT2D eigenvalue weighted by Gasteiger charge is 2.50. The van der Waals surface area contributed by atoms with E-state index in [1.54, 1.807) is 0 Å². The lowest BCUT2D eigenvalue weighted by Crippen LogP contribution is -2.66. The molecule has 0 aromatic carbocycles. The van der Waals surface area contributed by atoms with E-state index in [2.05, 4.69) is 5.32 Å². The molecule has 158 valence electrons. The molecular weight excluding hydrogens is 394 g/mol. The quantitative estimate of drug-likeness (QED) is 0.192. The first-order valence-corrected chi connectivity index (χ1v) is 8.72. The lowest BCUT2D eigenvalue weighted by Gasteiger charge is -2.46. The second kappa shape index (κ2) is 9.71. The van der Waals surface area contributed by atoms with Gasteiger partial charge in [0.2, 0.25) is 5.91 Å². The van der Waals surface area contributed by atoms with Gasteiger partial charge in [-0.25, -0.2) is 0 Å². The van der Waals surface area contributed by atoms with Crippen LogP contribution in [-0.4, -0.2) is 122 Å². The minimum absolute atomic E-state index is 0.419. The Labute approximate surface area is 158 Å². The van der Waals surface area contributed by atoms with Gasteiger partial charge in [0.1, 0.15) is 54.7 Å². The Bertz CT molecular complexity index is 496. The van der Waals surface area contributed by atoms with E-state index in [1.165, 1.54) is 0 Å². The SMILES string of the molecule is O=C(CCl)N[C@@H]1O[C@H](CO)[C@@H](O[C@@H]2O[C@H](CO)[C@@H](O)[C@H](O)[C@H]2O)[C@H](O)[C@H]1O. The number of alkyl halides is 1. The van der Waals surface area contributed by atoms with Gasteiger partial charge < -0.3 is 55.3 Å². The Balaban J connectivity index is 2.11. The zero-order valence-electron chi connectivity index (χ0n) is 14.0. The third-order valence-electron chi connectivity index (χ3n) is 4.43. The van der Waals surface area contributed by atoms with Crippen LogP contribution >= 0.6 is 11.6 Å². The van der Waals surface area contributed by atoms with Gasteiger partial charge in [0, 0.05) is 0 Å². The van der Waals surface area contributed by atoms with E-state index < -0.39 is 86.4 Å². The lowest BCUT2D eigenvalue weighted by atomic mass is 9.96. The third-order valence-corrected chi connectivity index (χ3v) is 4.67. The Morgan fingerprint density at radius 1 is 0.889 bits per heavy atom. The summed E-state index contributed by atoms with van der Waals surface area (Å²) in [5.74, 6) is -1.10. The second-order valence-corrected chi connectivity index (χ2v) is 6.53. The summed E-state index contributed by atoms with van der Waals surface area (Å²) in [5.41, 5.74) is 0. The molecule has 12 nitrogen and oxygen atoms in total. The van der Waals surface area contributed by atoms with Crippen LogP contribution in [0.3, 0.4) is 0 Å². The van der Waals surface area contributed by atoms with Crippen LogP contribution in [-0.2, 0) is 19.0 Å². The Hall–Kier alpha value is -0.640. The molecule has 10 atom stereocenters. The van der Waals surface area contributed by atoms with Gasteiger partial charge in [-0.15, -0.1) is 11.6 Å². The third kappa shape index (κ3) is 4.86. The Morgan fingerprint density at radius 2 is 1.52 bits per heavy atom. The van der Waals surface area contributed by atoms with Crippen molar-refractivity contribution in [1.82, 2.24) is 5.32 Å². The average Bonchev–Trinajstić information content (AvgIpc) is 2.67. The monoisotopic (exact) mass is 417 g/mol. The molecule has 2 saturated heterocycles. The number of amides is 1. The van der Waals surface area contributed by atoms with E-state index in [4.69, 9.17) is 25.8 Å². The molecule has 27 heavy (non-hydrogen) atoms. The number of hydrogen-bond acceptors (Lipinski definition) is 11. The number of aliphatic hydroxyl groups excluding tert-OH is 7. The lowest BCUT2D eigenvalue weighted by molar-refractivity contribution is -0.343. The van der Waals surface area contributed by atoms with E-state index >= 15 is 0 Å². The molecular formula is C14H24ClNO11. The van der Waals surface area contributed by atoms with Gasteiger partial charge in [0.05, 0.1) is 13.2 Å². The number of carbonyl (C=O) groups excluding carboxylic acids is 1. The van der Waals surface area contributed by atoms with Crippen molar-refractivity contribution in [2.45, 2.75) is 61.3 Å². The molecule has 2 fully saturated rings. The van der Waals surface area contributed by atoms with Crippen molar-refractivity contribution < 1.29 is 54.8 Å². The second-order valence-electron chi connectivity index (χ2n) is 6.26. The van der Waals surface area contributed by atoms with Crippen LogP contribution < -0.4 is 5.32 Å². The number of aliphatic hydroxyl groups is 7. The molecule has 0 aromatic heterocycles. The summed E-state index contributed by atoms with van der Waals surface area (Å²) in [5, 5.41) is 70.9. The summed E-state index contributed by atoms with van der Waals surface area (Å²) >= 11 is 5.36. The molecule has 0 unspecified atom stereocenters. The van der Waals surface area contributed by atoms with Gasteiger partial charge in [-0.3, -0.25) is 4.79 Å². The number of carbonyl (C=O) groups is 1. The largest absolute Gasteiger partial charge is 0.394 e. The topological polar surface area (TPSA) is 198 Å². The zero-order valence-corrected chi connectivity index (χ0v) is 14.8. The van der Waals surface area contributed by atoms with Gasteiger partial charge in [-0.2, -0.15) is 0 Å². The van der Waals surface area contributed by atoms with Crippen LogP contribution in [0, 0.1) is 0 Å². The van der Waals surface area contributed by atoms with Crippen molar-refractivity contribution in [2.75, 3.05) is 19.1 Å². The van der Waals surface area contributed by atoms with Crippen molar-refractivity contribution >= 4 is 17.5 Å². The Kier molecular flexibility index (Phi) is 8.15. The zero-order chi connectivity index (χ0) is 20.3. The summed E-state index contributed by atoms with van der Waals surface area (Å²) < 4.78 is 15.8. The molecule has 0 spiro atoms. The molecule has 2 rings (SSSR count). The summed E-state index contributed by atoms with van der Waals surface area (Å²) in [7, 11) is 0. The van der Waals surface area contributed by atoms with Gasteiger partial charge >= 0.3 is 0 Å². The summed E-state index contributed by atoms with van der Waals surface area (Å²) in [6, 6.07) is 0. The van der Waals surface area contributed by atoms with E-state index in [0.29, 0.717) is 0 Å². The maximum absolute atomic E-state index is 11.4. The fraction of sp³-hybridized carbons (Fsp3) is 0.929. The highest BCUT2D eigenvalue weighted by molar-refractivity contribution is 6.27. The highest BCUT2D eigenvalue weighted by atomic mass is 35.5. The van der Waals surface area contributed by atoms with E-state index in [-0.39, 0.29) is 0 Å². The van der Waals surface area contributed by atoms with Gasteiger partial charge in [-0.1, -0.05) is 0 Å². The molecule has 0 aromatic rings. The fourth-order valence-corrected chi connectivity index (χ4v) is 2.98. The molecule has 0 bridgehead atoms. The van der Waals surface area contributed by atoms with Crippen LogP contribution in [0.4, 0.5) is 0 Å².